The number of rotatable bonds is 6. The molecule has 0 spiro atoms. The first kappa shape index (κ1) is 21.2. The van der Waals surface area contributed by atoms with Gasteiger partial charge in [0.1, 0.15) is 11.5 Å². The van der Waals surface area contributed by atoms with Crippen LogP contribution in [0.4, 0.5) is 11.4 Å². The minimum Gasteiger partial charge on any atom is -0.497 e. The van der Waals surface area contributed by atoms with Crippen LogP contribution in [0.1, 0.15) is 23.3 Å². The second-order valence-electron chi connectivity index (χ2n) is 7.55. The number of benzene rings is 3. The first-order valence-electron chi connectivity index (χ1n) is 10.4. The summed E-state index contributed by atoms with van der Waals surface area (Å²) in [5.74, 6) is 1.75. The van der Waals surface area contributed by atoms with Gasteiger partial charge in [-0.15, -0.1) is 11.8 Å². The lowest BCUT2D eigenvalue weighted by molar-refractivity contribution is 0.339. The molecule has 0 bridgehead atoms. The molecule has 3 aromatic rings. The van der Waals surface area contributed by atoms with Crippen molar-refractivity contribution in [3.63, 3.8) is 0 Å². The lowest BCUT2D eigenvalue weighted by Crippen LogP contribution is -2.08. The van der Waals surface area contributed by atoms with E-state index in [-0.39, 0.29) is 5.25 Å². The van der Waals surface area contributed by atoms with Crippen LogP contribution in [0.25, 0.3) is 5.70 Å². The maximum atomic E-state index is 5.76. The van der Waals surface area contributed by atoms with Crippen molar-refractivity contribution in [2.45, 2.75) is 17.1 Å². The average Bonchev–Trinajstić information content (AvgIpc) is 2.99. The van der Waals surface area contributed by atoms with Crippen LogP contribution < -0.4 is 19.7 Å². The van der Waals surface area contributed by atoms with E-state index >= 15 is 0 Å². The highest BCUT2D eigenvalue weighted by atomic mass is 32.2. The largest absolute Gasteiger partial charge is 0.497 e. The minimum atomic E-state index is 0.166. The predicted molar refractivity (Wildman–Crippen MR) is 132 cm³/mol. The lowest BCUT2D eigenvalue weighted by atomic mass is 10.1. The predicted octanol–water partition coefficient (Wildman–Crippen LogP) is 6.46. The van der Waals surface area contributed by atoms with Gasteiger partial charge in [0, 0.05) is 30.4 Å². The molecule has 160 valence electrons. The van der Waals surface area contributed by atoms with Crippen molar-refractivity contribution >= 4 is 28.8 Å². The smallest absolute Gasteiger partial charge is 0.120 e. The quantitative estimate of drug-likeness (QED) is 0.483. The third-order valence-electron chi connectivity index (χ3n) is 5.24. The van der Waals surface area contributed by atoms with Gasteiger partial charge >= 0.3 is 0 Å². The van der Waals surface area contributed by atoms with Crippen molar-refractivity contribution in [2.24, 2.45) is 0 Å². The maximum Gasteiger partial charge on any atom is 0.120 e. The van der Waals surface area contributed by atoms with Gasteiger partial charge in [0.05, 0.1) is 24.7 Å². The molecule has 1 N–H and O–H groups in total. The zero-order valence-electron chi connectivity index (χ0n) is 18.4. The van der Waals surface area contributed by atoms with Gasteiger partial charge in [0.2, 0.25) is 0 Å². The molecule has 1 heterocycles. The number of anilines is 2. The van der Waals surface area contributed by atoms with Crippen molar-refractivity contribution in [1.82, 2.24) is 0 Å². The molecule has 5 heteroatoms. The van der Waals surface area contributed by atoms with Gasteiger partial charge < -0.3 is 19.7 Å². The van der Waals surface area contributed by atoms with Gasteiger partial charge in [-0.25, -0.2) is 0 Å². The third kappa shape index (κ3) is 4.83. The van der Waals surface area contributed by atoms with Gasteiger partial charge in [0.25, 0.3) is 0 Å². The molecule has 0 fully saturated rings. The van der Waals surface area contributed by atoms with Crippen LogP contribution in [0.15, 0.2) is 77.7 Å². The van der Waals surface area contributed by atoms with Crippen LogP contribution >= 0.6 is 11.8 Å². The number of nitrogens with zero attached hydrogens (tertiary/aromatic N) is 1. The first-order chi connectivity index (χ1) is 15.1. The summed E-state index contributed by atoms with van der Waals surface area (Å²) < 4.78 is 11.1. The second-order valence-corrected chi connectivity index (χ2v) is 8.73. The summed E-state index contributed by atoms with van der Waals surface area (Å²) in [6, 6.07) is 23.2. The Morgan fingerprint density at radius 1 is 0.935 bits per heavy atom. The summed E-state index contributed by atoms with van der Waals surface area (Å²) in [5, 5.41) is 3.81. The molecule has 1 aliphatic rings. The molecule has 0 saturated carbocycles. The number of thioether (sulfide) groups is 1. The highest BCUT2D eigenvalue weighted by molar-refractivity contribution is 7.99. The first-order valence-corrected chi connectivity index (χ1v) is 11.3. The fraction of sp³-hybridized carbons (Fsp3) is 0.231. The highest BCUT2D eigenvalue weighted by Crippen LogP contribution is 2.46. The molecule has 31 heavy (non-hydrogen) atoms. The third-order valence-corrected chi connectivity index (χ3v) is 6.50. The maximum absolute atomic E-state index is 5.76. The van der Waals surface area contributed by atoms with Crippen LogP contribution in [0, 0.1) is 0 Å². The molecule has 1 aliphatic heterocycles. The normalized spacial score (nSPS) is 15.2. The fourth-order valence-electron chi connectivity index (χ4n) is 3.53. The van der Waals surface area contributed by atoms with Gasteiger partial charge in [0.15, 0.2) is 0 Å². The van der Waals surface area contributed by atoms with Crippen molar-refractivity contribution < 1.29 is 9.47 Å². The molecule has 0 aliphatic carbocycles. The van der Waals surface area contributed by atoms with E-state index < -0.39 is 0 Å². The van der Waals surface area contributed by atoms with Crippen molar-refractivity contribution in [3.8, 4) is 11.5 Å². The number of fused-ring (bicyclic) bond motifs is 1. The van der Waals surface area contributed by atoms with E-state index in [0.717, 1.165) is 28.4 Å². The van der Waals surface area contributed by atoms with Gasteiger partial charge in [-0.1, -0.05) is 12.1 Å². The fourth-order valence-corrected chi connectivity index (χ4v) is 4.74. The summed E-state index contributed by atoms with van der Waals surface area (Å²) in [6.07, 6.45) is 2.30. The van der Waals surface area contributed by atoms with E-state index in [4.69, 9.17) is 9.47 Å². The number of hydrogen-bond acceptors (Lipinski definition) is 5. The molecule has 0 saturated heterocycles. The Hall–Kier alpha value is -3.05. The van der Waals surface area contributed by atoms with E-state index in [1.165, 1.54) is 16.1 Å². The summed E-state index contributed by atoms with van der Waals surface area (Å²) in [7, 11) is 5.81. The van der Waals surface area contributed by atoms with E-state index in [1.807, 2.05) is 36.9 Å². The zero-order valence-corrected chi connectivity index (χ0v) is 19.2. The van der Waals surface area contributed by atoms with E-state index in [1.54, 1.807) is 7.11 Å². The topological polar surface area (TPSA) is 33.7 Å². The average molecular weight is 433 g/mol. The monoisotopic (exact) mass is 432 g/mol. The van der Waals surface area contributed by atoms with Gasteiger partial charge in [-0.2, -0.15) is 0 Å². The lowest BCUT2D eigenvalue weighted by Gasteiger charge is -2.16. The number of ether oxygens (including phenoxy) is 2. The van der Waals surface area contributed by atoms with E-state index in [2.05, 4.69) is 78.9 Å². The standard InChI is InChI=1S/C26H28N2O2S/c1-5-30-22-14-15-23-26(16-22)31-25(19-6-10-20(11-7-19)28(2)3)17-24(27-23)18-8-12-21(29-4)13-9-18/h6-17,25,27H,5H2,1-4H3/t25-/m1/s1. The van der Waals surface area contributed by atoms with Crippen LogP contribution in [0.2, 0.25) is 0 Å². The molecule has 0 unspecified atom stereocenters. The molecule has 0 radical (unpaired) electrons. The summed E-state index contributed by atoms with van der Waals surface area (Å²) in [5.41, 5.74) is 5.75. The van der Waals surface area contributed by atoms with E-state index in [9.17, 15) is 0 Å². The molecule has 1 atom stereocenters. The molecular formula is C26H28N2O2S. The molecule has 0 aromatic heterocycles. The SMILES string of the molecule is CCOc1ccc2c(c1)S[C@@H](c1ccc(N(C)C)cc1)C=C(c1ccc(OC)cc1)N2. The Labute approximate surface area is 188 Å². The number of methoxy groups -OCH3 is 1. The van der Waals surface area contributed by atoms with Crippen molar-refractivity contribution in [2.75, 3.05) is 38.0 Å². The molecular weight excluding hydrogens is 404 g/mol. The Kier molecular flexibility index (Phi) is 6.42. The Bertz CT molecular complexity index is 1060. The van der Waals surface area contributed by atoms with E-state index in [0.29, 0.717) is 6.61 Å². The second kappa shape index (κ2) is 9.40. The van der Waals surface area contributed by atoms with Crippen LogP contribution in [0.5, 0.6) is 11.5 Å². The summed E-state index contributed by atoms with van der Waals surface area (Å²) >= 11 is 1.83. The Morgan fingerprint density at radius 2 is 1.65 bits per heavy atom. The zero-order chi connectivity index (χ0) is 21.8. The van der Waals surface area contributed by atoms with Crippen LogP contribution in [-0.2, 0) is 0 Å². The van der Waals surface area contributed by atoms with Crippen molar-refractivity contribution in [3.05, 3.63) is 83.9 Å². The summed E-state index contributed by atoms with van der Waals surface area (Å²) in [6.45, 7) is 2.66. The number of nitrogens with one attached hydrogen (secondary N) is 1. The van der Waals surface area contributed by atoms with Gasteiger partial charge in [-0.05, 0) is 78.7 Å². The van der Waals surface area contributed by atoms with Crippen LogP contribution in [0.3, 0.4) is 0 Å². The Balaban J connectivity index is 1.75. The number of hydrogen-bond donors (Lipinski definition) is 1. The van der Waals surface area contributed by atoms with Crippen LogP contribution in [-0.4, -0.2) is 27.8 Å². The molecule has 4 rings (SSSR count). The molecule has 4 nitrogen and oxygen atoms in total. The molecule has 0 amide bonds. The minimum absolute atomic E-state index is 0.166. The summed E-state index contributed by atoms with van der Waals surface area (Å²) in [4.78, 5) is 3.29. The van der Waals surface area contributed by atoms with Crippen molar-refractivity contribution in [1.29, 1.82) is 0 Å². The highest BCUT2D eigenvalue weighted by Gasteiger charge is 2.20. The Morgan fingerprint density at radius 3 is 2.29 bits per heavy atom. The molecule has 3 aromatic carbocycles. The van der Waals surface area contributed by atoms with Gasteiger partial charge in [-0.3, -0.25) is 0 Å².